The van der Waals surface area contributed by atoms with Gasteiger partial charge < -0.3 is 4.90 Å². The lowest BCUT2D eigenvalue weighted by atomic mass is 9.86. The fourth-order valence-electron chi connectivity index (χ4n) is 2.60. The summed E-state index contributed by atoms with van der Waals surface area (Å²) in [7, 11) is 2.19. The molecule has 1 aliphatic rings. The fraction of sp³-hybridized carbons (Fsp3) is 0.643. The minimum Gasteiger partial charge on any atom is -0.372 e. The first-order valence-electron chi connectivity index (χ1n) is 6.44. The summed E-state index contributed by atoms with van der Waals surface area (Å²) in [5.41, 5.74) is 2.20. The highest BCUT2D eigenvalue weighted by molar-refractivity contribution is 6.16. The average Bonchev–Trinajstić information content (AvgIpc) is 2.39. The molecule has 0 aliphatic heterocycles. The molecule has 0 atom stereocenters. The zero-order chi connectivity index (χ0) is 12.3. The Balaban J connectivity index is 2.05. The molecule has 1 fully saturated rings. The zero-order valence-electron chi connectivity index (χ0n) is 10.7. The van der Waals surface area contributed by atoms with Gasteiger partial charge in [0.2, 0.25) is 0 Å². The van der Waals surface area contributed by atoms with E-state index in [1.54, 1.807) is 0 Å². The van der Waals surface area contributed by atoms with Crippen molar-refractivity contribution < 1.29 is 0 Å². The lowest BCUT2D eigenvalue weighted by Gasteiger charge is -2.35. The van der Waals surface area contributed by atoms with Crippen molar-refractivity contribution in [3.05, 3.63) is 24.0 Å². The van der Waals surface area contributed by atoms with Gasteiger partial charge in [0.05, 0.1) is 11.6 Å². The third kappa shape index (κ3) is 3.12. The van der Waals surface area contributed by atoms with Gasteiger partial charge in [-0.05, 0) is 43.7 Å². The molecule has 1 aromatic heterocycles. The first-order chi connectivity index (χ1) is 8.20. The van der Waals surface area contributed by atoms with Crippen molar-refractivity contribution in [1.82, 2.24) is 4.98 Å². The number of aromatic nitrogens is 1. The quantitative estimate of drug-likeness (QED) is 0.760. The van der Waals surface area contributed by atoms with E-state index in [9.17, 15) is 0 Å². The van der Waals surface area contributed by atoms with Crippen LogP contribution in [0, 0.1) is 5.92 Å². The maximum Gasteiger partial charge on any atom is 0.0648 e. The monoisotopic (exact) mass is 252 g/mol. The van der Waals surface area contributed by atoms with E-state index in [-0.39, 0.29) is 0 Å². The van der Waals surface area contributed by atoms with Crippen LogP contribution in [-0.2, 0) is 5.88 Å². The zero-order valence-corrected chi connectivity index (χ0v) is 11.5. The lowest BCUT2D eigenvalue weighted by Crippen LogP contribution is -2.34. The van der Waals surface area contributed by atoms with Gasteiger partial charge in [0.15, 0.2) is 0 Å². The summed E-state index contributed by atoms with van der Waals surface area (Å²) in [4.78, 5) is 6.63. The van der Waals surface area contributed by atoms with E-state index >= 15 is 0 Å². The molecule has 1 aromatic rings. The molecule has 0 unspecified atom stereocenters. The molecule has 0 spiro atoms. The van der Waals surface area contributed by atoms with E-state index in [0.717, 1.165) is 11.6 Å². The number of hydrogen-bond acceptors (Lipinski definition) is 2. The predicted molar refractivity (Wildman–Crippen MR) is 73.6 cm³/mol. The number of nitrogens with zero attached hydrogens (tertiary/aromatic N) is 2. The Morgan fingerprint density at radius 1 is 1.35 bits per heavy atom. The summed E-state index contributed by atoms with van der Waals surface area (Å²) >= 11 is 5.83. The van der Waals surface area contributed by atoms with Crippen molar-refractivity contribution in [2.24, 2.45) is 5.92 Å². The highest BCUT2D eigenvalue weighted by Crippen LogP contribution is 2.29. The summed E-state index contributed by atoms with van der Waals surface area (Å²) in [5.74, 6) is 1.39. The fourth-order valence-corrected chi connectivity index (χ4v) is 2.74. The molecule has 1 aliphatic carbocycles. The minimum atomic E-state index is 0.489. The van der Waals surface area contributed by atoms with Crippen LogP contribution in [0.15, 0.2) is 18.3 Å². The van der Waals surface area contributed by atoms with Gasteiger partial charge in [0.25, 0.3) is 0 Å². The Bertz CT molecular complexity index is 359. The summed E-state index contributed by atoms with van der Waals surface area (Å²) < 4.78 is 0. The normalized spacial score (nSPS) is 24.6. The number of halogens is 1. The maximum atomic E-state index is 5.83. The number of rotatable bonds is 3. The van der Waals surface area contributed by atoms with Gasteiger partial charge in [0, 0.05) is 25.0 Å². The number of hydrogen-bond donors (Lipinski definition) is 0. The highest BCUT2D eigenvalue weighted by Gasteiger charge is 2.21. The van der Waals surface area contributed by atoms with Crippen LogP contribution >= 0.6 is 11.6 Å². The Hall–Kier alpha value is -0.760. The molecule has 0 bridgehead atoms. The van der Waals surface area contributed by atoms with Crippen LogP contribution in [0.2, 0.25) is 0 Å². The molecule has 0 saturated heterocycles. The first kappa shape index (κ1) is 12.7. The van der Waals surface area contributed by atoms with Gasteiger partial charge >= 0.3 is 0 Å². The van der Waals surface area contributed by atoms with Gasteiger partial charge in [-0.2, -0.15) is 0 Å². The summed E-state index contributed by atoms with van der Waals surface area (Å²) in [6.45, 7) is 2.36. The molecular weight excluding hydrogens is 232 g/mol. The Morgan fingerprint density at radius 2 is 2.06 bits per heavy atom. The SMILES string of the molecule is CC1CCC(N(C)c2ccnc(CCl)c2)CC1. The Kier molecular flexibility index (Phi) is 4.27. The van der Waals surface area contributed by atoms with Crippen LogP contribution in [0.25, 0.3) is 0 Å². The standard InChI is InChI=1S/C14H21ClN2/c1-11-3-5-13(6-4-11)17(2)14-7-8-16-12(9-14)10-15/h7-9,11,13H,3-6,10H2,1-2H3. The van der Waals surface area contributed by atoms with Crippen LogP contribution in [0.3, 0.4) is 0 Å². The first-order valence-corrected chi connectivity index (χ1v) is 6.98. The Labute approximate surface area is 109 Å². The molecule has 0 N–H and O–H groups in total. The lowest BCUT2D eigenvalue weighted by molar-refractivity contribution is 0.340. The number of alkyl halides is 1. The largest absolute Gasteiger partial charge is 0.372 e. The van der Waals surface area contributed by atoms with Crippen LogP contribution in [-0.4, -0.2) is 18.1 Å². The van der Waals surface area contributed by atoms with E-state index in [4.69, 9.17) is 11.6 Å². The van der Waals surface area contributed by atoms with E-state index in [1.165, 1.54) is 31.4 Å². The third-order valence-corrected chi connectivity index (χ3v) is 4.15. The molecule has 0 aromatic carbocycles. The minimum absolute atomic E-state index is 0.489. The van der Waals surface area contributed by atoms with Crippen molar-refractivity contribution in [3.8, 4) is 0 Å². The van der Waals surface area contributed by atoms with E-state index in [0.29, 0.717) is 11.9 Å². The molecule has 3 heteroatoms. The van der Waals surface area contributed by atoms with Crippen LogP contribution in [0.1, 0.15) is 38.3 Å². The number of anilines is 1. The topological polar surface area (TPSA) is 16.1 Å². The van der Waals surface area contributed by atoms with Gasteiger partial charge in [0.1, 0.15) is 0 Å². The second-order valence-corrected chi connectivity index (χ2v) is 5.43. The average molecular weight is 253 g/mol. The van der Waals surface area contributed by atoms with Crippen LogP contribution in [0.4, 0.5) is 5.69 Å². The van der Waals surface area contributed by atoms with Gasteiger partial charge in [-0.1, -0.05) is 6.92 Å². The molecular formula is C14H21ClN2. The molecule has 0 amide bonds. The molecule has 17 heavy (non-hydrogen) atoms. The maximum absolute atomic E-state index is 5.83. The van der Waals surface area contributed by atoms with Gasteiger partial charge in [-0.25, -0.2) is 0 Å². The van der Waals surface area contributed by atoms with Crippen LogP contribution in [0.5, 0.6) is 0 Å². The molecule has 2 rings (SSSR count). The summed E-state index contributed by atoms with van der Waals surface area (Å²) in [6.07, 6.45) is 7.16. The molecule has 94 valence electrons. The predicted octanol–water partition coefficient (Wildman–Crippen LogP) is 3.84. The molecule has 2 nitrogen and oxygen atoms in total. The second-order valence-electron chi connectivity index (χ2n) is 5.16. The molecule has 1 saturated carbocycles. The van der Waals surface area contributed by atoms with Crippen molar-refractivity contribution in [3.63, 3.8) is 0 Å². The van der Waals surface area contributed by atoms with Gasteiger partial charge in [-0.15, -0.1) is 11.6 Å². The number of pyridine rings is 1. The summed E-state index contributed by atoms with van der Waals surface area (Å²) in [5, 5.41) is 0. The van der Waals surface area contributed by atoms with Crippen LogP contribution < -0.4 is 4.90 Å². The molecule has 0 radical (unpaired) electrons. The van der Waals surface area contributed by atoms with E-state index < -0.39 is 0 Å². The van der Waals surface area contributed by atoms with Gasteiger partial charge in [-0.3, -0.25) is 4.98 Å². The van der Waals surface area contributed by atoms with E-state index in [2.05, 4.69) is 36.0 Å². The second kappa shape index (κ2) is 5.72. The van der Waals surface area contributed by atoms with E-state index in [1.807, 2.05) is 6.20 Å². The summed E-state index contributed by atoms with van der Waals surface area (Å²) in [6, 6.07) is 4.86. The molecule has 1 heterocycles. The smallest absolute Gasteiger partial charge is 0.0648 e. The Morgan fingerprint density at radius 3 is 2.71 bits per heavy atom. The van der Waals surface area contributed by atoms with Crippen molar-refractivity contribution in [2.75, 3.05) is 11.9 Å². The highest BCUT2D eigenvalue weighted by atomic mass is 35.5. The van der Waals surface area contributed by atoms with Crippen molar-refractivity contribution >= 4 is 17.3 Å². The third-order valence-electron chi connectivity index (χ3n) is 3.88. The van der Waals surface area contributed by atoms with Crippen molar-refractivity contribution in [1.29, 1.82) is 0 Å². The van der Waals surface area contributed by atoms with Crippen molar-refractivity contribution in [2.45, 2.75) is 44.5 Å².